The van der Waals surface area contributed by atoms with E-state index < -0.39 is 0 Å². The monoisotopic (exact) mass is 310 g/mol. The third kappa shape index (κ3) is 5.44. The predicted molar refractivity (Wildman–Crippen MR) is 96.7 cm³/mol. The number of carbonyl (C=O) groups excluding carboxylic acids is 1. The minimum atomic E-state index is -0.00882. The molecule has 1 amide bonds. The lowest BCUT2D eigenvalue weighted by Crippen LogP contribution is -2.29. The molecule has 2 aromatic carbocycles. The zero-order valence-electron chi connectivity index (χ0n) is 14.4. The van der Waals surface area contributed by atoms with Crippen LogP contribution >= 0.6 is 0 Å². The lowest BCUT2D eigenvalue weighted by atomic mass is 9.87. The summed E-state index contributed by atoms with van der Waals surface area (Å²) in [4.78, 5) is 11.9. The minimum absolute atomic E-state index is 0.00882. The Balaban J connectivity index is 1.79. The van der Waals surface area contributed by atoms with Crippen molar-refractivity contribution < 1.29 is 4.79 Å². The zero-order chi connectivity index (χ0) is 16.9. The molecule has 0 aromatic heterocycles. The Morgan fingerprint density at radius 1 is 0.957 bits per heavy atom. The van der Waals surface area contributed by atoms with E-state index >= 15 is 0 Å². The van der Waals surface area contributed by atoms with Crippen LogP contribution in [0.5, 0.6) is 0 Å². The maximum absolute atomic E-state index is 11.9. The SMILES string of the molecule is Cc1ccc(CNC(=O)CNc2ccc(C(C)(C)C)cc2)cc1. The van der Waals surface area contributed by atoms with Crippen molar-refractivity contribution in [2.75, 3.05) is 11.9 Å². The molecule has 2 aromatic rings. The van der Waals surface area contributed by atoms with E-state index in [9.17, 15) is 4.79 Å². The summed E-state index contributed by atoms with van der Waals surface area (Å²) in [6.07, 6.45) is 0. The fourth-order valence-corrected chi connectivity index (χ4v) is 2.24. The highest BCUT2D eigenvalue weighted by Gasteiger charge is 2.12. The summed E-state index contributed by atoms with van der Waals surface area (Å²) < 4.78 is 0. The molecule has 3 nitrogen and oxygen atoms in total. The topological polar surface area (TPSA) is 41.1 Å². The number of hydrogen-bond acceptors (Lipinski definition) is 2. The average molecular weight is 310 g/mol. The van der Waals surface area contributed by atoms with Crippen LogP contribution in [0.1, 0.15) is 37.5 Å². The van der Waals surface area contributed by atoms with Gasteiger partial charge in [0.1, 0.15) is 0 Å². The van der Waals surface area contributed by atoms with Gasteiger partial charge in [0.2, 0.25) is 5.91 Å². The van der Waals surface area contributed by atoms with Crippen molar-refractivity contribution in [3.8, 4) is 0 Å². The summed E-state index contributed by atoms with van der Waals surface area (Å²) >= 11 is 0. The second-order valence-electron chi connectivity index (χ2n) is 6.94. The van der Waals surface area contributed by atoms with Crippen LogP contribution in [-0.2, 0) is 16.8 Å². The van der Waals surface area contributed by atoms with Crippen LogP contribution in [0.25, 0.3) is 0 Å². The number of nitrogens with one attached hydrogen (secondary N) is 2. The van der Waals surface area contributed by atoms with Gasteiger partial charge in [0.25, 0.3) is 0 Å². The van der Waals surface area contributed by atoms with Crippen molar-refractivity contribution in [2.45, 2.75) is 39.7 Å². The summed E-state index contributed by atoms with van der Waals surface area (Å²) in [5.41, 5.74) is 4.72. The zero-order valence-corrected chi connectivity index (χ0v) is 14.4. The molecular weight excluding hydrogens is 284 g/mol. The van der Waals surface area contributed by atoms with Crippen LogP contribution < -0.4 is 10.6 Å². The van der Waals surface area contributed by atoms with Gasteiger partial charge in [-0.3, -0.25) is 4.79 Å². The van der Waals surface area contributed by atoms with Gasteiger partial charge >= 0.3 is 0 Å². The van der Waals surface area contributed by atoms with E-state index in [1.54, 1.807) is 0 Å². The van der Waals surface area contributed by atoms with Crippen LogP contribution in [0.15, 0.2) is 48.5 Å². The molecule has 122 valence electrons. The third-order valence-corrected chi connectivity index (χ3v) is 3.81. The van der Waals surface area contributed by atoms with Gasteiger partial charge in [-0.05, 0) is 35.6 Å². The van der Waals surface area contributed by atoms with Crippen molar-refractivity contribution in [1.82, 2.24) is 5.32 Å². The number of hydrogen-bond donors (Lipinski definition) is 2. The predicted octanol–water partition coefficient (Wildman–Crippen LogP) is 4.02. The van der Waals surface area contributed by atoms with Crippen LogP contribution in [-0.4, -0.2) is 12.5 Å². The number of amides is 1. The van der Waals surface area contributed by atoms with E-state index in [0.29, 0.717) is 6.54 Å². The van der Waals surface area contributed by atoms with Crippen molar-refractivity contribution in [1.29, 1.82) is 0 Å². The highest BCUT2D eigenvalue weighted by atomic mass is 16.1. The third-order valence-electron chi connectivity index (χ3n) is 3.81. The molecule has 3 heteroatoms. The number of benzene rings is 2. The first-order valence-corrected chi connectivity index (χ1v) is 8.01. The molecular formula is C20H26N2O. The molecule has 0 radical (unpaired) electrons. The Morgan fingerprint density at radius 2 is 1.57 bits per heavy atom. The van der Waals surface area contributed by atoms with Crippen LogP contribution in [0.2, 0.25) is 0 Å². The van der Waals surface area contributed by atoms with Crippen molar-refractivity contribution in [3.05, 3.63) is 65.2 Å². The Kier molecular flexibility index (Phi) is 5.43. The minimum Gasteiger partial charge on any atom is -0.376 e. The molecule has 2 rings (SSSR count). The Morgan fingerprint density at radius 3 is 2.13 bits per heavy atom. The van der Waals surface area contributed by atoms with Crippen LogP contribution in [0.4, 0.5) is 5.69 Å². The van der Waals surface area contributed by atoms with E-state index in [4.69, 9.17) is 0 Å². The first kappa shape index (κ1) is 17.1. The summed E-state index contributed by atoms with van der Waals surface area (Å²) in [5.74, 6) is -0.00882. The molecule has 0 heterocycles. The van der Waals surface area contributed by atoms with E-state index in [1.807, 2.05) is 24.3 Å². The second-order valence-corrected chi connectivity index (χ2v) is 6.94. The van der Waals surface area contributed by atoms with Crippen molar-refractivity contribution >= 4 is 11.6 Å². The molecule has 2 N–H and O–H groups in total. The van der Waals surface area contributed by atoms with Gasteiger partial charge in [0.15, 0.2) is 0 Å². The van der Waals surface area contributed by atoms with Crippen molar-refractivity contribution in [2.24, 2.45) is 0 Å². The fraction of sp³-hybridized carbons (Fsp3) is 0.350. The Labute approximate surface area is 139 Å². The van der Waals surface area contributed by atoms with E-state index in [-0.39, 0.29) is 17.9 Å². The molecule has 0 unspecified atom stereocenters. The summed E-state index contributed by atoms with van der Waals surface area (Å²) in [6.45, 7) is 9.46. The molecule has 0 saturated carbocycles. The van der Waals surface area contributed by atoms with Gasteiger partial charge in [0.05, 0.1) is 6.54 Å². The first-order valence-electron chi connectivity index (χ1n) is 8.01. The lowest BCUT2D eigenvalue weighted by Gasteiger charge is -2.19. The molecule has 0 spiro atoms. The maximum Gasteiger partial charge on any atom is 0.239 e. The second kappa shape index (κ2) is 7.32. The Hall–Kier alpha value is -2.29. The highest BCUT2D eigenvalue weighted by molar-refractivity contribution is 5.80. The fourth-order valence-electron chi connectivity index (χ4n) is 2.24. The number of rotatable bonds is 5. The lowest BCUT2D eigenvalue weighted by molar-refractivity contribution is -0.119. The van der Waals surface area contributed by atoms with Crippen molar-refractivity contribution in [3.63, 3.8) is 0 Å². The molecule has 23 heavy (non-hydrogen) atoms. The Bertz CT molecular complexity index is 637. The largest absolute Gasteiger partial charge is 0.376 e. The molecule has 0 atom stereocenters. The van der Waals surface area contributed by atoms with E-state index in [0.717, 1.165) is 11.3 Å². The van der Waals surface area contributed by atoms with E-state index in [1.165, 1.54) is 11.1 Å². The van der Waals surface area contributed by atoms with Gasteiger partial charge in [-0.2, -0.15) is 0 Å². The van der Waals surface area contributed by atoms with Gasteiger partial charge in [-0.15, -0.1) is 0 Å². The van der Waals surface area contributed by atoms with Gasteiger partial charge < -0.3 is 10.6 Å². The average Bonchev–Trinajstić information content (AvgIpc) is 2.52. The van der Waals surface area contributed by atoms with Crippen LogP contribution in [0.3, 0.4) is 0 Å². The standard InChI is InChI=1S/C20H26N2O/c1-15-5-7-16(8-6-15)13-22-19(23)14-21-18-11-9-17(10-12-18)20(2,3)4/h5-12,21H,13-14H2,1-4H3,(H,22,23). The summed E-state index contributed by atoms with van der Waals surface area (Å²) in [7, 11) is 0. The number of anilines is 1. The van der Waals surface area contributed by atoms with E-state index in [2.05, 4.69) is 62.6 Å². The van der Waals surface area contributed by atoms with Gasteiger partial charge in [-0.25, -0.2) is 0 Å². The molecule has 0 bridgehead atoms. The van der Waals surface area contributed by atoms with Gasteiger partial charge in [0, 0.05) is 12.2 Å². The quantitative estimate of drug-likeness (QED) is 0.875. The smallest absolute Gasteiger partial charge is 0.239 e. The molecule has 0 saturated heterocycles. The number of carbonyl (C=O) groups is 1. The maximum atomic E-state index is 11.9. The highest BCUT2D eigenvalue weighted by Crippen LogP contribution is 2.23. The van der Waals surface area contributed by atoms with Gasteiger partial charge in [-0.1, -0.05) is 62.7 Å². The summed E-state index contributed by atoms with van der Waals surface area (Å²) in [6, 6.07) is 16.4. The van der Waals surface area contributed by atoms with Crippen LogP contribution in [0, 0.1) is 6.92 Å². The first-order chi connectivity index (χ1) is 10.8. The molecule has 0 aliphatic carbocycles. The molecule has 0 aliphatic rings. The molecule has 0 fully saturated rings. The molecule has 0 aliphatic heterocycles. The number of aryl methyl sites for hydroxylation is 1. The normalized spacial score (nSPS) is 11.1. The summed E-state index contributed by atoms with van der Waals surface area (Å²) in [5, 5.41) is 6.08.